The molecule has 2 unspecified atom stereocenters. The summed E-state index contributed by atoms with van der Waals surface area (Å²) in [6, 6.07) is 3.00. The van der Waals surface area contributed by atoms with E-state index < -0.39 is 23.8 Å². The summed E-state index contributed by atoms with van der Waals surface area (Å²) in [7, 11) is 0. The van der Waals surface area contributed by atoms with Gasteiger partial charge in [-0.1, -0.05) is 0 Å². The Morgan fingerprint density at radius 1 is 1.10 bits per heavy atom. The van der Waals surface area contributed by atoms with Gasteiger partial charge in [-0.25, -0.2) is 4.79 Å². The van der Waals surface area contributed by atoms with Crippen molar-refractivity contribution in [3.63, 3.8) is 0 Å². The molecular weight excluding hydrogens is 404 g/mol. The zero-order chi connectivity index (χ0) is 22.7. The minimum Gasteiger partial charge on any atom is -0.507 e. The van der Waals surface area contributed by atoms with Gasteiger partial charge in [0.05, 0.1) is 12.2 Å². The highest BCUT2D eigenvalue weighted by Crippen LogP contribution is 2.51. The number of hydrogen-bond donors (Lipinski definition) is 3. The second-order valence-electron chi connectivity index (χ2n) is 8.36. The predicted octanol–water partition coefficient (Wildman–Crippen LogP) is 3.44. The van der Waals surface area contributed by atoms with E-state index in [1.807, 2.05) is 6.92 Å². The van der Waals surface area contributed by atoms with E-state index in [9.17, 15) is 20.1 Å². The smallest absolute Gasteiger partial charge is 0.347 e. The Kier molecular flexibility index (Phi) is 5.12. The number of hydrogen-bond acceptors (Lipinski definition) is 8. The molecule has 8 nitrogen and oxygen atoms in total. The molecule has 0 saturated heterocycles. The Morgan fingerprint density at radius 2 is 1.81 bits per heavy atom. The van der Waals surface area contributed by atoms with Crippen LogP contribution in [-0.4, -0.2) is 39.6 Å². The lowest BCUT2D eigenvalue weighted by Gasteiger charge is -2.41. The standard InChI is InChI=1S/C23H26O8/c1-6-28-9-12-13(24)7-10(2)16-20(12)29-15-8-14-17(11(3)19(15)30-22(16)27)18(25)21(26)23(4,5)31-14/h7-8,18,21,24-26H,6,9H2,1-5H3. The van der Waals surface area contributed by atoms with Crippen molar-refractivity contribution in [3.8, 4) is 28.7 Å². The number of rotatable bonds is 3. The van der Waals surface area contributed by atoms with Crippen LogP contribution in [-0.2, 0) is 11.3 Å². The second kappa shape index (κ2) is 7.40. The molecule has 0 aromatic heterocycles. The largest absolute Gasteiger partial charge is 0.507 e. The van der Waals surface area contributed by atoms with E-state index in [0.29, 0.717) is 34.6 Å². The molecule has 166 valence electrons. The van der Waals surface area contributed by atoms with Crippen molar-refractivity contribution in [1.29, 1.82) is 0 Å². The van der Waals surface area contributed by atoms with Crippen molar-refractivity contribution in [2.45, 2.75) is 59.0 Å². The van der Waals surface area contributed by atoms with Gasteiger partial charge in [-0.3, -0.25) is 0 Å². The summed E-state index contributed by atoms with van der Waals surface area (Å²) in [5, 5.41) is 31.7. The number of phenols is 1. The molecule has 0 spiro atoms. The quantitative estimate of drug-likeness (QED) is 0.501. The third kappa shape index (κ3) is 3.31. The van der Waals surface area contributed by atoms with Crippen LogP contribution in [0.15, 0.2) is 12.1 Å². The van der Waals surface area contributed by atoms with Gasteiger partial charge >= 0.3 is 5.97 Å². The predicted molar refractivity (Wildman–Crippen MR) is 110 cm³/mol. The third-order valence-electron chi connectivity index (χ3n) is 5.80. The van der Waals surface area contributed by atoms with Crippen LogP contribution in [0.4, 0.5) is 0 Å². The van der Waals surface area contributed by atoms with Crippen LogP contribution in [0, 0.1) is 13.8 Å². The molecule has 0 amide bonds. The molecule has 0 bridgehead atoms. The summed E-state index contributed by atoms with van der Waals surface area (Å²) >= 11 is 0. The zero-order valence-electron chi connectivity index (χ0n) is 18.1. The van der Waals surface area contributed by atoms with E-state index in [1.54, 1.807) is 27.7 Å². The first-order chi connectivity index (χ1) is 14.6. The van der Waals surface area contributed by atoms with Gasteiger partial charge in [-0.2, -0.15) is 0 Å². The Balaban J connectivity index is 1.92. The average Bonchev–Trinajstić information content (AvgIpc) is 2.82. The van der Waals surface area contributed by atoms with Crippen LogP contribution in [0.5, 0.6) is 28.7 Å². The number of esters is 1. The van der Waals surface area contributed by atoms with Gasteiger partial charge in [-0.15, -0.1) is 0 Å². The minimum absolute atomic E-state index is 0.0475. The van der Waals surface area contributed by atoms with Crippen molar-refractivity contribution in [1.82, 2.24) is 0 Å². The first kappa shape index (κ1) is 21.4. The van der Waals surface area contributed by atoms with Gasteiger partial charge in [0.25, 0.3) is 0 Å². The number of carbonyl (C=O) groups excluding carboxylic acids is 1. The van der Waals surface area contributed by atoms with E-state index in [0.717, 1.165) is 0 Å². The maximum absolute atomic E-state index is 13.0. The number of aromatic hydroxyl groups is 1. The molecule has 2 heterocycles. The topological polar surface area (TPSA) is 115 Å². The summed E-state index contributed by atoms with van der Waals surface area (Å²) in [5.74, 6) is 0.0958. The van der Waals surface area contributed by atoms with Crippen molar-refractivity contribution in [2.24, 2.45) is 0 Å². The lowest BCUT2D eigenvalue weighted by atomic mass is 9.86. The van der Waals surface area contributed by atoms with Crippen LogP contribution >= 0.6 is 0 Å². The van der Waals surface area contributed by atoms with Crippen molar-refractivity contribution in [2.75, 3.05) is 6.61 Å². The van der Waals surface area contributed by atoms with E-state index >= 15 is 0 Å². The maximum atomic E-state index is 13.0. The van der Waals surface area contributed by atoms with Crippen LogP contribution in [0.2, 0.25) is 0 Å². The number of ether oxygens (including phenoxy) is 4. The van der Waals surface area contributed by atoms with Crippen LogP contribution < -0.4 is 14.2 Å². The highest BCUT2D eigenvalue weighted by Gasteiger charge is 2.44. The van der Waals surface area contributed by atoms with Gasteiger partial charge in [0.15, 0.2) is 17.2 Å². The molecule has 0 aliphatic carbocycles. The Bertz CT molecular complexity index is 1070. The van der Waals surface area contributed by atoms with Crippen molar-refractivity contribution >= 4 is 5.97 Å². The first-order valence-electron chi connectivity index (χ1n) is 10.1. The maximum Gasteiger partial charge on any atom is 0.347 e. The molecule has 2 aromatic carbocycles. The summed E-state index contributed by atoms with van der Waals surface area (Å²) in [6.45, 7) is 8.96. The summed E-state index contributed by atoms with van der Waals surface area (Å²) in [5.41, 5.74) is 0.718. The number of carbonyl (C=O) groups is 1. The number of aliphatic hydroxyl groups is 2. The SMILES string of the molecule is CCOCc1c(O)cc(C)c2c1Oc1cc3c(c(C)c1OC2=O)C(O)C(O)C(C)(C)O3. The van der Waals surface area contributed by atoms with E-state index in [2.05, 4.69) is 0 Å². The number of phenolic OH excluding ortho intramolecular Hbond substituents is 1. The number of aliphatic hydroxyl groups excluding tert-OH is 2. The van der Waals surface area contributed by atoms with E-state index in [4.69, 9.17) is 18.9 Å². The normalized spacial score (nSPS) is 21.1. The Hall–Kier alpha value is -2.81. The lowest BCUT2D eigenvalue weighted by Crippen LogP contribution is -2.49. The minimum atomic E-state index is -1.23. The highest BCUT2D eigenvalue weighted by molar-refractivity contribution is 5.98. The average molecular weight is 430 g/mol. The van der Waals surface area contributed by atoms with Crippen LogP contribution in [0.1, 0.15) is 59.5 Å². The van der Waals surface area contributed by atoms with Gasteiger partial charge in [0.1, 0.15) is 34.9 Å². The first-order valence-corrected chi connectivity index (χ1v) is 10.1. The molecule has 2 aliphatic heterocycles. The van der Waals surface area contributed by atoms with Crippen LogP contribution in [0.25, 0.3) is 0 Å². The van der Waals surface area contributed by atoms with E-state index in [1.165, 1.54) is 12.1 Å². The molecule has 3 N–H and O–H groups in total. The second-order valence-corrected chi connectivity index (χ2v) is 8.36. The summed E-state index contributed by atoms with van der Waals surface area (Å²) in [4.78, 5) is 13.0. The molecule has 31 heavy (non-hydrogen) atoms. The van der Waals surface area contributed by atoms with Gasteiger partial charge in [-0.05, 0) is 46.2 Å². The molecule has 0 saturated carbocycles. The number of fused-ring (bicyclic) bond motifs is 3. The fraction of sp³-hybridized carbons (Fsp3) is 0.435. The molecule has 4 rings (SSSR count). The molecule has 0 fully saturated rings. The van der Waals surface area contributed by atoms with Crippen molar-refractivity contribution in [3.05, 3.63) is 39.9 Å². The number of benzene rings is 2. The monoisotopic (exact) mass is 430 g/mol. The third-order valence-corrected chi connectivity index (χ3v) is 5.80. The molecule has 8 heteroatoms. The molecule has 0 radical (unpaired) electrons. The van der Waals surface area contributed by atoms with Gasteiger partial charge in [0, 0.05) is 23.8 Å². The van der Waals surface area contributed by atoms with Crippen LogP contribution in [0.3, 0.4) is 0 Å². The molecular formula is C23H26O8. The Morgan fingerprint density at radius 3 is 2.48 bits per heavy atom. The highest BCUT2D eigenvalue weighted by atomic mass is 16.6. The van der Waals surface area contributed by atoms with Crippen molar-refractivity contribution < 1.29 is 39.1 Å². The zero-order valence-corrected chi connectivity index (χ0v) is 18.1. The lowest BCUT2D eigenvalue weighted by molar-refractivity contribution is -0.112. The fourth-order valence-corrected chi connectivity index (χ4v) is 4.07. The fourth-order valence-electron chi connectivity index (χ4n) is 4.07. The molecule has 2 atom stereocenters. The summed E-state index contributed by atoms with van der Waals surface area (Å²) < 4.78 is 23.2. The van der Waals surface area contributed by atoms with Gasteiger partial charge in [0.2, 0.25) is 0 Å². The molecule has 2 aromatic rings. The summed E-state index contributed by atoms with van der Waals surface area (Å²) in [6.07, 6.45) is -2.40. The van der Waals surface area contributed by atoms with E-state index in [-0.39, 0.29) is 35.2 Å². The number of aryl methyl sites for hydroxylation is 1. The Labute approximate surface area is 179 Å². The van der Waals surface area contributed by atoms with Gasteiger partial charge < -0.3 is 34.3 Å². The molecule has 2 aliphatic rings.